The van der Waals surface area contributed by atoms with Crippen LogP contribution in [0.3, 0.4) is 0 Å². The highest BCUT2D eigenvalue weighted by Crippen LogP contribution is 2.37. The Hall–Kier alpha value is -0.380. The number of ether oxygens (including phenoxy) is 1. The zero-order valence-electron chi connectivity index (χ0n) is 13.5. The molecule has 3 heteroatoms. The molecular formula is C17H29NOS. The highest BCUT2D eigenvalue weighted by Gasteiger charge is 2.34. The molecule has 1 N–H and O–H groups in total. The summed E-state index contributed by atoms with van der Waals surface area (Å²) >= 11 is 1.94. The molecule has 0 amide bonds. The van der Waals surface area contributed by atoms with E-state index in [-0.39, 0.29) is 5.41 Å². The highest BCUT2D eigenvalue weighted by atomic mass is 32.1. The number of nitrogens with one attached hydrogen (secondary N) is 1. The zero-order valence-corrected chi connectivity index (χ0v) is 14.3. The standard InChI is InChI=1S/C17H29NOS/c1-6-10-18-15(16-12(2)9-11-19-16)13-7-8-14(20-13)17(3,4)5/h7-8,12,15-16,18H,6,9-11H2,1-5H3. The fourth-order valence-corrected chi connectivity index (χ4v) is 3.92. The third-order valence-electron chi connectivity index (χ3n) is 4.06. The van der Waals surface area contributed by atoms with E-state index in [0.29, 0.717) is 18.1 Å². The van der Waals surface area contributed by atoms with Crippen molar-refractivity contribution < 1.29 is 4.74 Å². The molecule has 1 fully saturated rings. The third-order valence-corrected chi connectivity index (χ3v) is 5.65. The second kappa shape index (κ2) is 6.59. The molecule has 20 heavy (non-hydrogen) atoms. The first-order valence-corrected chi connectivity index (χ1v) is 8.70. The van der Waals surface area contributed by atoms with Crippen molar-refractivity contribution in [2.45, 2.75) is 65.0 Å². The van der Waals surface area contributed by atoms with Crippen molar-refractivity contribution in [1.29, 1.82) is 0 Å². The molecule has 2 rings (SSSR count). The smallest absolute Gasteiger partial charge is 0.0804 e. The molecule has 1 aromatic heterocycles. The summed E-state index contributed by atoms with van der Waals surface area (Å²) in [7, 11) is 0. The summed E-state index contributed by atoms with van der Waals surface area (Å²) in [4.78, 5) is 2.89. The second-order valence-electron chi connectivity index (χ2n) is 6.99. The van der Waals surface area contributed by atoms with E-state index >= 15 is 0 Å². The van der Waals surface area contributed by atoms with Gasteiger partial charge in [0.15, 0.2) is 0 Å². The third kappa shape index (κ3) is 3.63. The SMILES string of the molecule is CCCNC(c1ccc(C(C)(C)C)s1)C1OCCC1C. The molecule has 0 spiro atoms. The molecule has 114 valence electrons. The van der Waals surface area contributed by atoms with Gasteiger partial charge in [-0.3, -0.25) is 0 Å². The van der Waals surface area contributed by atoms with Gasteiger partial charge in [0.25, 0.3) is 0 Å². The van der Waals surface area contributed by atoms with Gasteiger partial charge < -0.3 is 10.1 Å². The normalized spacial score (nSPS) is 25.1. The van der Waals surface area contributed by atoms with Gasteiger partial charge in [-0.2, -0.15) is 0 Å². The summed E-state index contributed by atoms with van der Waals surface area (Å²) in [5.41, 5.74) is 0.236. The lowest BCUT2D eigenvalue weighted by molar-refractivity contribution is 0.0618. The van der Waals surface area contributed by atoms with Crippen molar-refractivity contribution in [3.63, 3.8) is 0 Å². The van der Waals surface area contributed by atoms with E-state index in [9.17, 15) is 0 Å². The molecule has 1 aromatic rings. The van der Waals surface area contributed by atoms with Crippen LogP contribution in [0.5, 0.6) is 0 Å². The average Bonchev–Trinajstić information content (AvgIpc) is 2.99. The molecule has 1 aliphatic rings. The Labute approximate surface area is 127 Å². The molecule has 1 saturated heterocycles. The minimum Gasteiger partial charge on any atom is -0.376 e. The average molecular weight is 295 g/mol. The van der Waals surface area contributed by atoms with Crippen LogP contribution in [0.2, 0.25) is 0 Å². The Morgan fingerprint density at radius 3 is 2.65 bits per heavy atom. The van der Waals surface area contributed by atoms with Crippen molar-refractivity contribution in [3.8, 4) is 0 Å². The van der Waals surface area contributed by atoms with Crippen LogP contribution in [0.4, 0.5) is 0 Å². The topological polar surface area (TPSA) is 21.3 Å². The maximum atomic E-state index is 6.02. The van der Waals surface area contributed by atoms with Gasteiger partial charge in [0.05, 0.1) is 12.1 Å². The van der Waals surface area contributed by atoms with Crippen molar-refractivity contribution in [2.24, 2.45) is 5.92 Å². The molecule has 2 heterocycles. The summed E-state index contributed by atoms with van der Waals surface area (Å²) in [5, 5.41) is 3.71. The maximum absolute atomic E-state index is 6.02. The molecule has 0 bridgehead atoms. The van der Waals surface area contributed by atoms with Crippen LogP contribution in [0.25, 0.3) is 0 Å². The van der Waals surface area contributed by atoms with E-state index in [4.69, 9.17) is 4.74 Å². The monoisotopic (exact) mass is 295 g/mol. The Morgan fingerprint density at radius 1 is 1.40 bits per heavy atom. The van der Waals surface area contributed by atoms with Crippen molar-refractivity contribution in [3.05, 3.63) is 21.9 Å². The van der Waals surface area contributed by atoms with Gasteiger partial charge in [-0.15, -0.1) is 11.3 Å². The van der Waals surface area contributed by atoms with Gasteiger partial charge in [0.2, 0.25) is 0 Å². The van der Waals surface area contributed by atoms with E-state index in [1.54, 1.807) is 0 Å². The summed E-state index contributed by atoms with van der Waals surface area (Å²) in [6, 6.07) is 4.95. The molecule has 3 unspecified atom stereocenters. The maximum Gasteiger partial charge on any atom is 0.0804 e. The summed E-state index contributed by atoms with van der Waals surface area (Å²) in [6.07, 6.45) is 2.68. The highest BCUT2D eigenvalue weighted by molar-refractivity contribution is 7.12. The van der Waals surface area contributed by atoms with Gasteiger partial charge in [0, 0.05) is 16.4 Å². The fourth-order valence-electron chi connectivity index (χ4n) is 2.74. The molecule has 0 saturated carbocycles. The Morgan fingerprint density at radius 2 is 2.15 bits per heavy atom. The minimum absolute atomic E-state index is 0.236. The van der Waals surface area contributed by atoms with Crippen LogP contribution < -0.4 is 5.32 Å². The predicted octanol–water partition coefficient (Wildman–Crippen LogP) is 4.51. The summed E-state index contributed by atoms with van der Waals surface area (Å²) < 4.78 is 6.02. The zero-order chi connectivity index (χ0) is 14.8. The van der Waals surface area contributed by atoms with Gasteiger partial charge >= 0.3 is 0 Å². The first-order valence-electron chi connectivity index (χ1n) is 7.88. The van der Waals surface area contributed by atoms with E-state index in [1.807, 2.05) is 11.3 Å². The van der Waals surface area contributed by atoms with Crippen LogP contribution in [-0.4, -0.2) is 19.3 Å². The first-order chi connectivity index (χ1) is 9.43. The van der Waals surface area contributed by atoms with Crippen LogP contribution in [0.1, 0.15) is 63.3 Å². The van der Waals surface area contributed by atoms with Gasteiger partial charge in [0.1, 0.15) is 0 Å². The summed E-state index contributed by atoms with van der Waals surface area (Å²) in [5.74, 6) is 0.643. The van der Waals surface area contributed by atoms with Crippen molar-refractivity contribution in [1.82, 2.24) is 5.32 Å². The fraction of sp³-hybridized carbons (Fsp3) is 0.765. The first kappa shape index (κ1) is 16.0. The minimum atomic E-state index is 0.236. The molecular weight excluding hydrogens is 266 g/mol. The second-order valence-corrected chi connectivity index (χ2v) is 8.10. The quantitative estimate of drug-likeness (QED) is 0.863. The van der Waals surface area contributed by atoms with E-state index < -0.39 is 0 Å². The molecule has 1 aliphatic heterocycles. The van der Waals surface area contributed by atoms with Crippen LogP contribution in [0.15, 0.2) is 12.1 Å². The van der Waals surface area contributed by atoms with Crippen LogP contribution in [0, 0.1) is 5.92 Å². The van der Waals surface area contributed by atoms with E-state index in [0.717, 1.165) is 19.6 Å². The van der Waals surface area contributed by atoms with E-state index in [2.05, 4.69) is 52.1 Å². The van der Waals surface area contributed by atoms with Gasteiger partial charge in [-0.1, -0.05) is 34.6 Å². The number of thiophene rings is 1. The lowest BCUT2D eigenvalue weighted by Gasteiger charge is -2.26. The van der Waals surface area contributed by atoms with Gasteiger partial charge in [-0.25, -0.2) is 0 Å². The molecule has 0 aliphatic carbocycles. The van der Waals surface area contributed by atoms with E-state index in [1.165, 1.54) is 16.2 Å². The number of hydrogen-bond acceptors (Lipinski definition) is 3. The van der Waals surface area contributed by atoms with Crippen molar-refractivity contribution >= 4 is 11.3 Å². The molecule has 0 aromatic carbocycles. The largest absolute Gasteiger partial charge is 0.376 e. The van der Waals surface area contributed by atoms with Crippen molar-refractivity contribution in [2.75, 3.05) is 13.2 Å². The van der Waals surface area contributed by atoms with Crippen LogP contribution in [-0.2, 0) is 10.2 Å². The Kier molecular flexibility index (Phi) is 5.27. The Balaban J connectivity index is 2.19. The lowest BCUT2D eigenvalue weighted by Crippen LogP contribution is -2.34. The number of hydrogen-bond donors (Lipinski definition) is 1. The lowest BCUT2D eigenvalue weighted by atomic mass is 9.94. The van der Waals surface area contributed by atoms with Crippen LogP contribution >= 0.6 is 11.3 Å². The molecule has 3 atom stereocenters. The van der Waals surface area contributed by atoms with Gasteiger partial charge in [-0.05, 0) is 42.9 Å². The predicted molar refractivity (Wildman–Crippen MR) is 87.6 cm³/mol. The Bertz CT molecular complexity index is 421. The summed E-state index contributed by atoms with van der Waals surface area (Å²) in [6.45, 7) is 13.4. The molecule has 0 radical (unpaired) electrons. The number of rotatable bonds is 5. The molecule has 2 nitrogen and oxygen atoms in total.